The summed E-state index contributed by atoms with van der Waals surface area (Å²) >= 11 is 8.02. The molecule has 0 aliphatic rings. The van der Waals surface area contributed by atoms with Gasteiger partial charge in [-0.05, 0) is 23.3 Å². The Balaban J connectivity index is -0.000000230. The van der Waals surface area contributed by atoms with Crippen LogP contribution in [-0.2, 0) is 9.59 Å². The number of aliphatic carboxylic acids is 2. The molecule has 0 heterocycles. The number of carbonyl (C=O) groups is 2. The van der Waals surface area contributed by atoms with Crippen LogP contribution in [0, 0.1) is 0 Å². The zero-order valence-corrected chi connectivity index (χ0v) is 13.7. The second kappa shape index (κ2) is 18.6. The lowest BCUT2D eigenvalue weighted by atomic mass is 10.2. The zero-order chi connectivity index (χ0) is 16.6. The standard InChI is InChI=1S/2C5H10O2S.C2H6O2/c2*1-4(8)2-3-5(6)7;3-1-2-4/h2*4,8H,2-3H2,1H3,(H,6,7);3-4H,1-2H2. The lowest BCUT2D eigenvalue weighted by molar-refractivity contribution is -0.138. The average Bonchev–Trinajstić information content (AvgIpc) is 2.35. The van der Waals surface area contributed by atoms with Crippen LogP contribution < -0.4 is 0 Å². The molecule has 6 nitrogen and oxygen atoms in total. The summed E-state index contributed by atoms with van der Waals surface area (Å²) < 4.78 is 0. The number of rotatable bonds is 7. The maximum Gasteiger partial charge on any atom is 0.303 e. The Bertz CT molecular complexity index is 210. The monoisotopic (exact) mass is 330 g/mol. The molecule has 0 spiro atoms. The van der Waals surface area contributed by atoms with Gasteiger partial charge in [0.25, 0.3) is 0 Å². The number of thiol groups is 2. The lowest BCUT2D eigenvalue weighted by Gasteiger charge is -1.96. The lowest BCUT2D eigenvalue weighted by Crippen LogP contribution is -1.98. The van der Waals surface area contributed by atoms with E-state index in [0.29, 0.717) is 12.8 Å². The fraction of sp³-hybridized carbons (Fsp3) is 0.833. The molecule has 0 saturated carbocycles. The molecule has 4 N–H and O–H groups in total. The Morgan fingerprint density at radius 2 is 1.10 bits per heavy atom. The molecule has 0 amide bonds. The summed E-state index contributed by atoms with van der Waals surface area (Å²) in [6, 6.07) is 0. The summed E-state index contributed by atoms with van der Waals surface area (Å²) in [6.07, 6.45) is 1.76. The molecular formula is C12H26O6S2. The Hall–Kier alpha value is -0.440. The van der Waals surface area contributed by atoms with Gasteiger partial charge in [-0.15, -0.1) is 0 Å². The molecule has 0 aliphatic carbocycles. The first kappa shape index (κ1) is 24.6. The van der Waals surface area contributed by atoms with Crippen LogP contribution in [0.2, 0.25) is 0 Å². The number of aliphatic hydroxyl groups excluding tert-OH is 2. The van der Waals surface area contributed by atoms with Crippen LogP contribution in [0.1, 0.15) is 39.5 Å². The van der Waals surface area contributed by atoms with Crippen LogP contribution in [0.25, 0.3) is 0 Å². The van der Waals surface area contributed by atoms with Gasteiger partial charge in [0.1, 0.15) is 0 Å². The Kier molecular flexibility index (Phi) is 22.8. The van der Waals surface area contributed by atoms with E-state index in [2.05, 4.69) is 25.3 Å². The third-order valence-electron chi connectivity index (χ3n) is 1.65. The van der Waals surface area contributed by atoms with Gasteiger partial charge in [-0.3, -0.25) is 9.59 Å². The molecule has 0 aliphatic heterocycles. The molecule has 122 valence electrons. The van der Waals surface area contributed by atoms with Crippen molar-refractivity contribution in [3.63, 3.8) is 0 Å². The van der Waals surface area contributed by atoms with Gasteiger partial charge in [0.15, 0.2) is 0 Å². The molecular weight excluding hydrogens is 304 g/mol. The second-order valence-electron chi connectivity index (χ2n) is 4.01. The first-order valence-electron chi connectivity index (χ1n) is 6.18. The van der Waals surface area contributed by atoms with E-state index >= 15 is 0 Å². The smallest absolute Gasteiger partial charge is 0.303 e. The second-order valence-corrected chi connectivity index (χ2v) is 5.77. The Morgan fingerprint density at radius 3 is 1.15 bits per heavy atom. The summed E-state index contributed by atoms with van der Waals surface area (Å²) in [5.74, 6) is -1.49. The van der Waals surface area contributed by atoms with Crippen molar-refractivity contribution in [2.24, 2.45) is 0 Å². The molecule has 2 unspecified atom stereocenters. The molecule has 0 bridgehead atoms. The van der Waals surface area contributed by atoms with E-state index in [1.165, 1.54) is 0 Å². The summed E-state index contributed by atoms with van der Waals surface area (Å²) in [5.41, 5.74) is 0. The van der Waals surface area contributed by atoms with E-state index < -0.39 is 11.9 Å². The van der Waals surface area contributed by atoms with E-state index in [0.717, 1.165) is 0 Å². The first-order valence-corrected chi connectivity index (χ1v) is 7.22. The highest BCUT2D eigenvalue weighted by Crippen LogP contribution is 2.02. The van der Waals surface area contributed by atoms with Crippen molar-refractivity contribution in [3.05, 3.63) is 0 Å². The van der Waals surface area contributed by atoms with Crippen LogP contribution in [-0.4, -0.2) is 56.1 Å². The Morgan fingerprint density at radius 1 is 0.850 bits per heavy atom. The highest BCUT2D eigenvalue weighted by molar-refractivity contribution is 7.81. The maximum atomic E-state index is 9.87. The quantitative estimate of drug-likeness (QED) is 0.392. The Labute approximate surface area is 131 Å². The van der Waals surface area contributed by atoms with Crippen molar-refractivity contribution >= 4 is 37.2 Å². The van der Waals surface area contributed by atoms with Crippen LogP contribution in [0.15, 0.2) is 0 Å². The third-order valence-corrected chi connectivity index (χ3v) is 2.17. The molecule has 0 aromatic rings. The molecule has 2 atom stereocenters. The predicted octanol–water partition coefficient (Wildman–Crippen LogP) is 1.31. The molecule has 0 radical (unpaired) electrons. The minimum Gasteiger partial charge on any atom is -0.481 e. The number of carboxylic acid groups (broad SMARTS) is 2. The number of carboxylic acids is 2. The number of hydrogen-bond acceptors (Lipinski definition) is 6. The minimum atomic E-state index is -0.745. The van der Waals surface area contributed by atoms with Gasteiger partial charge in [-0.2, -0.15) is 25.3 Å². The van der Waals surface area contributed by atoms with E-state index in [1.54, 1.807) is 0 Å². The van der Waals surface area contributed by atoms with Crippen molar-refractivity contribution < 1.29 is 30.0 Å². The molecule has 0 aromatic carbocycles. The molecule has 0 fully saturated rings. The van der Waals surface area contributed by atoms with Crippen LogP contribution in [0.3, 0.4) is 0 Å². The van der Waals surface area contributed by atoms with Crippen molar-refractivity contribution in [2.75, 3.05) is 13.2 Å². The van der Waals surface area contributed by atoms with E-state index in [1.807, 2.05) is 13.8 Å². The fourth-order valence-corrected chi connectivity index (χ4v) is 0.923. The first-order chi connectivity index (χ1) is 9.17. The topological polar surface area (TPSA) is 115 Å². The predicted molar refractivity (Wildman–Crippen MR) is 84.8 cm³/mol. The van der Waals surface area contributed by atoms with Crippen molar-refractivity contribution in [3.8, 4) is 0 Å². The van der Waals surface area contributed by atoms with Gasteiger partial charge in [0.2, 0.25) is 0 Å². The van der Waals surface area contributed by atoms with Gasteiger partial charge in [0.05, 0.1) is 13.2 Å². The molecule has 0 aromatic heterocycles. The molecule has 0 rings (SSSR count). The van der Waals surface area contributed by atoms with E-state index in [-0.39, 0.29) is 36.6 Å². The van der Waals surface area contributed by atoms with Crippen molar-refractivity contribution in [2.45, 2.75) is 50.0 Å². The van der Waals surface area contributed by atoms with Crippen LogP contribution >= 0.6 is 25.3 Å². The summed E-state index contributed by atoms with van der Waals surface area (Å²) in [5, 5.41) is 31.9. The van der Waals surface area contributed by atoms with Gasteiger partial charge in [0, 0.05) is 12.8 Å². The minimum absolute atomic E-state index is 0.125. The van der Waals surface area contributed by atoms with Gasteiger partial charge in [-0.25, -0.2) is 0 Å². The highest BCUT2D eigenvalue weighted by atomic mass is 32.1. The van der Waals surface area contributed by atoms with Crippen LogP contribution in [0.4, 0.5) is 0 Å². The van der Waals surface area contributed by atoms with E-state index in [4.69, 9.17) is 20.4 Å². The average molecular weight is 330 g/mol. The SMILES string of the molecule is CC(S)CCC(=O)O.CC(S)CCC(=O)O.OCCO. The van der Waals surface area contributed by atoms with Gasteiger partial charge >= 0.3 is 11.9 Å². The van der Waals surface area contributed by atoms with Gasteiger partial charge in [-0.1, -0.05) is 13.8 Å². The van der Waals surface area contributed by atoms with E-state index in [9.17, 15) is 9.59 Å². The van der Waals surface area contributed by atoms with Gasteiger partial charge < -0.3 is 20.4 Å². The number of aliphatic hydroxyl groups is 2. The third kappa shape index (κ3) is 43.2. The largest absolute Gasteiger partial charge is 0.481 e. The molecule has 8 heteroatoms. The summed E-state index contributed by atoms with van der Waals surface area (Å²) in [7, 11) is 0. The summed E-state index contributed by atoms with van der Waals surface area (Å²) in [4.78, 5) is 19.7. The van der Waals surface area contributed by atoms with Crippen molar-refractivity contribution in [1.82, 2.24) is 0 Å². The van der Waals surface area contributed by atoms with Crippen LogP contribution in [0.5, 0.6) is 0 Å². The maximum absolute atomic E-state index is 9.87. The summed E-state index contributed by atoms with van der Waals surface area (Å²) in [6.45, 7) is 3.51. The molecule has 20 heavy (non-hydrogen) atoms. The number of hydrogen-bond donors (Lipinski definition) is 6. The molecule has 0 saturated heterocycles. The highest BCUT2D eigenvalue weighted by Gasteiger charge is 1.99. The zero-order valence-electron chi connectivity index (χ0n) is 11.9. The van der Waals surface area contributed by atoms with Crippen molar-refractivity contribution in [1.29, 1.82) is 0 Å². The fourth-order valence-electron chi connectivity index (χ4n) is 0.665. The normalized spacial score (nSPS) is 12.1.